The third-order valence-corrected chi connectivity index (χ3v) is 7.13. The first-order chi connectivity index (χ1) is 17.5. The summed E-state index contributed by atoms with van der Waals surface area (Å²) in [5, 5.41) is 11.6. The van der Waals surface area contributed by atoms with Gasteiger partial charge in [-0.3, -0.25) is 14.5 Å². The molecule has 0 bridgehead atoms. The van der Waals surface area contributed by atoms with Crippen LogP contribution in [0.1, 0.15) is 28.6 Å². The first-order valence-corrected chi connectivity index (χ1v) is 12.7. The number of ketones is 1. The number of amides is 1. The smallest absolute Gasteiger partial charge is 0.290 e. The Hall–Kier alpha value is -3.14. The number of nitrogens with zero attached hydrogens (tertiary/aromatic N) is 2. The summed E-state index contributed by atoms with van der Waals surface area (Å²) in [5.74, 6) is -1.08. The standard InChI is InChI=1S/C27H27BrN2O6/c1-34-20-8-3-6-18-16-21(36-26(18)20)24(31)22-23(17-5-2-7-19(28)15-17)30(27(33)25(22)32)10-4-9-29-11-13-35-14-12-29/h2-3,5-8,15-16,23,32H,4,9-14H2,1H3/t23-/m0/s1. The van der Waals surface area contributed by atoms with Crippen LogP contribution >= 0.6 is 15.9 Å². The van der Waals surface area contributed by atoms with Gasteiger partial charge in [0.15, 0.2) is 22.9 Å². The van der Waals surface area contributed by atoms with Crippen molar-refractivity contribution < 1.29 is 28.6 Å². The van der Waals surface area contributed by atoms with E-state index in [0.29, 0.717) is 42.9 Å². The minimum absolute atomic E-state index is 0.0162. The predicted octanol–water partition coefficient (Wildman–Crippen LogP) is 4.50. The van der Waals surface area contributed by atoms with E-state index in [2.05, 4.69) is 20.8 Å². The SMILES string of the molecule is COc1cccc2cc(C(=O)C3=C(O)C(=O)N(CCCN4CCOCC4)[C@H]3c3cccc(Br)c3)oc12. The molecule has 1 amide bonds. The summed E-state index contributed by atoms with van der Waals surface area (Å²) in [4.78, 5) is 30.9. The van der Waals surface area contributed by atoms with Gasteiger partial charge in [-0.2, -0.15) is 0 Å². The Balaban J connectivity index is 1.47. The predicted molar refractivity (Wildman–Crippen MR) is 137 cm³/mol. The van der Waals surface area contributed by atoms with Crippen LogP contribution in [-0.2, 0) is 9.53 Å². The van der Waals surface area contributed by atoms with Gasteiger partial charge in [-0.1, -0.05) is 40.2 Å². The Bertz CT molecular complexity index is 1330. The number of Topliss-reactive ketones (excluding diaryl/α,β-unsaturated/α-hetero) is 1. The molecule has 9 heteroatoms. The second kappa shape index (κ2) is 10.5. The van der Waals surface area contributed by atoms with Crippen molar-refractivity contribution in [1.29, 1.82) is 0 Å². The molecule has 0 saturated carbocycles. The first-order valence-electron chi connectivity index (χ1n) is 11.9. The summed E-state index contributed by atoms with van der Waals surface area (Å²) in [6.07, 6.45) is 0.701. The number of methoxy groups -OCH3 is 1. The van der Waals surface area contributed by atoms with Crippen LogP contribution in [0, 0.1) is 0 Å². The van der Waals surface area contributed by atoms with Crippen LogP contribution in [0.15, 0.2) is 68.8 Å². The topological polar surface area (TPSA) is 92.5 Å². The minimum atomic E-state index is -0.734. The number of fused-ring (bicyclic) bond motifs is 1. The Labute approximate surface area is 217 Å². The highest BCUT2D eigenvalue weighted by Crippen LogP contribution is 2.41. The summed E-state index contributed by atoms with van der Waals surface area (Å²) < 4.78 is 17.5. The van der Waals surface area contributed by atoms with E-state index in [-0.39, 0.29) is 11.3 Å². The number of carbonyl (C=O) groups excluding carboxylic acids is 2. The highest BCUT2D eigenvalue weighted by Gasteiger charge is 2.44. The van der Waals surface area contributed by atoms with Crippen molar-refractivity contribution >= 4 is 38.6 Å². The second-order valence-corrected chi connectivity index (χ2v) is 9.76. The van der Waals surface area contributed by atoms with Crippen LogP contribution in [0.25, 0.3) is 11.0 Å². The van der Waals surface area contributed by atoms with E-state index in [0.717, 1.165) is 29.7 Å². The number of furan rings is 1. The van der Waals surface area contributed by atoms with Crippen molar-refractivity contribution in [3.63, 3.8) is 0 Å². The number of hydrogen-bond acceptors (Lipinski definition) is 7. The molecule has 3 aromatic rings. The quantitative estimate of drug-likeness (QED) is 0.409. The zero-order valence-electron chi connectivity index (χ0n) is 19.9. The zero-order valence-corrected chi connectivity index (χ0v) is 21.5. The number of morpholine rings is 1. The molecule has 2 aliphatic rings. The van der Waals surface area contributed by atoms with Gasteiger partial charge in [0.25, 0.3) is 5.91 Å². The van der Waals surface area contributed by atoms with E-state index in [1.807, 2.05) is 30.3 Å². The number of benzene rings is 2. The Morgan fingerprint density at radius 3 is 2.67 bits per heavy atom. The molecule has 1 aromatic heterocycles. The number of aliphatic hydroxyl groups excluding tert-OH is 1. The molecule has 0 radical (unpaired) electrons. The molecule has 2 aliphatic heterocycles. The highest BCUT2D eigenvalue weighted by molar-refractivity contribution is 9.10. The lowest BCUT2D eigenvalue weighted by atomic mass is 9.95. The van der Waals surface area contributed by atoms with Gasteiger partial charge in [-0.25, -0.2) is 0 Å². The normalized spacial score (nSPS) is 18.9. The molecule has 0 unspecified atom stereocenters. The average Bonchev–Trinajstić information content (AvgIpc) is 3.44. The van der Waals surface area contributed by atoms with Crippen molar-refractivity contribution in [2.75, 3.05) is 46.5 Å². The molecule has 0 spiro atoms. The van der Waals surface area contributed by atoms with Crippen LogP contribution in [0.4, 0.5) is 0 Å². The monoisotopic (exact) mass is 554 g/mol. The molecule has 188 valence electrons. The number of aliphatic hydroxyl groups is 1. The maximum atomic E-state index is 13.7. The molecule has 1 N–H and O–H groups in total. The van der Waals surface area contributed by atoms with Gasteiger partial charge in [0.2, 0.25) is 5.78 Å². The number of halogens is 1. The fraction of sp³-hybridized carbons (Fsp3) is 0.333. The Kier molecular flexibility index (Phi) is 7.13. The van der Waals surface area contributed by atoms with Gasteiger partial charge in [0.05, 0.1) is 31.9 Å². The number of para-hydroxylation sites is 1. The van der Waals surface area contributed by atoms with Crippen LogP contribution in [-0.4, -0.2) is 73.1 Å². The number of hydrogen-bond donors (Lipinski definition) is 1. The summed E-state index contributed by atoms with van der Waals surface area (Å²) in [7, 11) is 1.53. The molecule has 3 heterocycles. The minimum Gasteiger partial charge on any atom is -0.503 e. The molecule has 1 fully saturated rings. The Morgan fingerprint density at radius 1 is 1.14 bits per heavy atom. The largest absolute Gasteiger partial charge is 0.503 e. The first kappa shape index (κ1) is 24.5. The number of rotatable bonds is 8. The molecule has 8 nitrogen and oxygen atoms in total. The van der Waals surface area contributed by atoms with Crippen molar-refractivity contribution in [3.05, 3.63) is 75.7 Å². The van der Waals surface area contributed by atoms with Gasteiger partial charge in [0, 0.05) is 36.0 Å². The third kappa shape index (κ3) is 4.66. The van der Waals surface area contributed by atoms with Crippen molar-refractivity contribution in [1.82, 2.24) is 9.80 Å². The molecule has 1 saturated heterocycles. The summed E-state index contributed by atoms with van der Waals surface area (Å²) >= 11 is 3.49. The van der Waals surface area contributed by atoms with Crippen LogP contribution in [0.2, 0.25) is 0 Å². The molecular weight excluding hydrogens is 528 g/mol. The molecule has 2 aromatic carbocycles. The van der Waals surface area contributed by atoms with Gasteiger partial charge in [-0.05, 0) is 36.2 Å². The molecule has 1 atom stereocenters. The van der Waals surface area contributed by atoms with Crippen molar-refractivity contribution in [2.24, 2.45) is 0 Å². The van der Waals surface area contributed by atoms with Crippen LogP contribution < -0.4 is 4.74 Å². The van der Waals surface area contributed by atoms with Crippen molar-refractivity contribution in [3.8, 4) is 5.75 Å². The van der Waals surface area contributed by atoms with E-state index in [1.165, 1.54) is 7.11 Å². The molecular formula is C27H27BrN2O6. The van der Waals surface area contributed by atoms with E-state index < -0.39 is 23.5 Å². The fourth-order valence-corrected chi connectivity index (χ4v) is 5.29. The lowest BCUT2D eigenvalue weighted by Gasteiger charge is -2.30. The van der Waals surface area contributed by atoms with E-state index in [1.54, 1.807) is 23.1 Å². The van der Waals surface area contributed by atoms with Gasteiger partial charge in [-0.15, -0.1) is 0 Å². The van der Waals surface area contributed by atoms with E-state index in [4.69, 9.17) is 13.9 Å². The summed E-state index contributed by atoms with van der Waals surface area (Å²) in [6.45, 7) is 4.30. The maximum Gasteiger partial charge on any atom is 0.290 e. The number of carbonyl (C=O) groups is 2. The lowest BCUT2D eigenvalue weighted by Crippen LogP contribution is -2.39. The highest BCUT2D eigenvalue weighted by atomic mass is 79.9. The molecule has 0 aliphatic carbocycles. The lowest BCUT2D eigenvalue weighted by molar-refractivity contribution is -0.129. The Morgan fingerprint density at radius 2 is 1.92 bits per heavy atom. The maximum absolute atomic E-state index is 13.7. The average molecular weight is 555 g/mol. The van der Waals surface area contributed by atoms with Gasteiger partial charge >= 0.3 is 0 Å². The number of ether oxygens (including phenoxy) is 2. The van der Waals surface area contributed by atoms with Crippen LogP contribution in [0.5, 0.6) is 5.75 Å². The molecule has 5 rings (SSSR count). The van der Waals surface area contributed by atoms with Crippen molar-refractivity contribution in [2.45, 2.75) is 12.5 Å². The molecule has 36 heavy (non-hydrogen) atoms. The second-order valence-electron chi connectivity index (χ2n) is 8.84. The zero-order chi connectivity index (χ0) is 25.2. The van der Waals surface area contributed by atoms with Crippen LogP contribution in [0.3, 0.4) is 0 Å². The van der Waals surface area contributed by atoms with E-state index >= 15 is 0 Å². The summed E-state index contributed by atoms with van der Waals surface area (Å²) in [6, 6.07) is 13.7. The van der Waals surface area contributed by atoms with Gasteiger partial charge < -0.3 is 23.9 Å². The summed E-state index contributed by atoms with van der Waals surface area (Å²) in [5.41, 5.74) is 1.18. The van der Waals surface area contributed by atoms with E-state index in [9.17, 15) is 14.7 Å². The third-order valence-electron chi connectivity index (χ3n) is 6.64. The van der Waals surface area contributed by atoms with Gasteiger partial charge in [0.1, 0.15) is 0 Å². The fourth-order valence-electron chi connectivity index (χ4n) is 4.87.